The van der Waals surface area contributed by atoms with Crippen LogP contribution in [0.15, 0.2) is 168 Å². The molecular formula is C72H57BN2OS. The van der Waals surface area contributed by atoms with Crippen LogP contribution in [0.2, 0.25) is 0 Å². The van der Waals surface area contributed by atoms with Gasteiger partial charge in [-0.25, -0.2) is 0 Å². The molecule has 22 rings (SSSR count). The van der Waals surface area contributed by atoms with Gasteiger partial charge in [0.15, 0.2) is 0 Å². The van der Waals surface area contributed by atoms with E-state index in [0.717, 1.165) is 46.7 Å². The SMILES string of the molecule is c1ccc(-c2ccc(N3B4c5c(cc6c(oc7ccccc76)c5-c5cc6sc7cc8ccccc8cc7c6cc53)-n3c5ccc(C67CC8CC(CC(C8)C6)C7)cc5c5cc(C67CC8CC(CC(C8)C6)C7)cc4c53)cc2)cc1. The molecule has 0 atom stereocenters. The highest BCUT2D eigenvalue weighted by Gasteiger charge is 2.54. The molecule has 0 spiro atoms. The van der Waals surface area contributed by atoms with E-state index in [-0.39, 0.29) is 12.3 Å². The fourth-order valence-corrected chi connectivity index (χ4v) is 21.1. The summed E-state index contributed by atoms with van der Waals surface area (Å²) in [5.41, 5.74) is 20.2. The van der Waals surface area contributed by atoms with Crippen LogP contribution in [0.1, 0.15) is 88.2 Å². The van der Waals surface area contributed by atoms with Gasteiger partial charge in [0.1, 0.15) is 11.2 Å². The molecule has 370 valence electrons. The molecule has 8 bridgehead atoms. The number of hydrogen-bond donors (Lipinski definition) is 0. The third-order valence-corrected chi connectivity index (χ3v) is 23.3. The normalized spacial score (nSPS) is 27.2. The zero-order valence-corrected chi connectivity index (χ0v) is 44.1. The van der Waals surface area contributed by atoms with Gasteiger partial charge in [-0.05, 0) is 234 Å². The summed E-state index contributed by atoms with van der Waals surface area (Å²) in [4.78, 5) is 2.80. The highest BCUT2D eigenvalue weighted by Crippen LogP contribution is 2.63. The first-order valence-corrected chi connectivity index (χ1v) is 30.2. The Hall–Kier alpha value is -7.08. The van der Waals surface area contributed by atoms with Gasteiger partial charge in [-0.15, -0.1) is 11.3 Å². The maximum absolute atomic E-state index is 7.34. The summed E-state index contributed by atoms with van der Waals surface area (Å²) in [5, 5.41) is 10.6. The van der Waals surface area contributed by atoms with Crippen molar-refractivity contribution in [1.82, 2.24) is 4.57 Å². The molecule has 0 N–H and O–H groups in total. The molecule has 0 unspecified atom stereocenters. The lowest BCUT2D eigenvalue weighted by atomic mass is 9.42. The first-order valence-electron chi connectivity index (χ1n) is 29.4. The largest absolute Gasteiger partial charge is 0.455 e. The van der Waals surface area contributed by atoms with Crippen LogP contribution in [-0.2, 0) is 10.8 Å². The summed E-state index contributed by atoms with van der Waals surface area (Å²) in [7, 11) is 0. The zero-order valence-electron chi connectivity index (χ0n) is 43.3. The number of benzene rings is 9. The van der Waals surface area contributed by atoms with E-state index in [1.165, 1.54) is 191 Å². The van der Waals surface area contributed by atoms with Crippen molar-refractivity contribution in [2.24, 2.45) is 35.5 Å². The fraction of sp³-hybridized carbons (Fsp3) is 0.278. The van der Waals surface area contributed by atoms with Crippen LogP contribution in [0.25, 0.3) is 103 Å². The predicted molar refractivity (Wildman–Crippen MR) is 323 cm³/mol. The number of nitrogens with zero attached hydrogens (tertiary/aromatic N) is 2. The van der Waals surface area contributed by atoms with E-state index in [1.54, 1.807) is 11.1 Å². The first-order chi connectivity index (χ1) is 37.9. The summed E-state index contributed by atoms with van der Waals surface area (Å²) in [6.07, 6.45) is 16.9. The van der Waals surface area contributed by atoms with Crippen molar-refractivity contribution in [2.45, 2.75) is 87.9 Å². The van der Waals surface area contributed by atoms with Crippen LogP contribution in [0.4, 0.5) is 11.4 Å². The molecule has 12 aromatic rings. The molecule has 5 heteroatoms. The molecule has 0 saturated heterocycles. The Labute approximate surface area is 452 Å². The second-order valence-electron chi connectivity index (χ2n) is 26.4. The first kappa shape index (κ1) is 42.0. The van der Waals surface area contributed by atoms with E-state index < -0.39 is 0 Å². The van der Waals surface area contributed by atoms with Crippen LogP contribution in [-0.4, -0.2) is 11.4 Å². The topological polar surface area (TPSA) is 21.3 Å². The van der Waals surface area contributed by atoms with Gasteiger partial charge in [-0.2, -0.15) is 0 Å². The summed E-state index contributed by atoms with van der Waals surface area (Å²) in [6, 6.07) is 64.5. The van der Waals surface area contributed by atoms with E-state index in [9.17, 15) is 0 Å². The lowest BCUT2D eigenvalue weighted by Gasteiger charge is -2.57. The zero-order chi connectivity index (χ0) is 49.6. The summed E-state index contributed by atoms with van der Waals surface area (Å²) < 4.78 is 12.8. The molecule has 77 heavy (non-hydrogen) atoms. The van der Waals surface area contributed by atoms with Crippen LogP contribution in [0.3, 0.4) is 0 Å². The average Bonchev–Trinajstić information content (AvgIpc) is 4.02. The number of anilines is 2. The van der Waals surface area contributed by atoms with Crippen LogP contribution in [0, 0.1) is 35.5 Å². The average molecular weight is 1010 g/mol. The number of fused-ring (bicyclic) bond motifs is 15. The van der Waals surface area contributed by atoms with Crippen LogP contribution >= 0.6 is 11.3 Å². The maximum atomic E-state index is 7.34. The van der Waals surface area contributed by atoms with Crippen molar-refractivity contribution < 1.29 is 4.42 Å². The minimum atomic E-state index is -0.105. The van der Waals surface area contributed by atoms with Gasteiger partial charge in [0.05, 0.1) is 11.0 Å². The smallest absolute Gasteiger partial charge is 0.333 e. The Bertz CT molecular complexity index is 4540. The minimum Gasteiger partial charge on any atom is -0.455 e. The number of aromatic nitrogens is 1. The molecular weight excluding hydrogens is 952 g/mol. The second kappa shape index (κ2) is 14.5. The lowest BCUT2D eigenvalue weighted by Crippen LogP contribution is -2.61. The standard InChI is InChI=1S/C72H57BN2OS/c1-2-8-46(9-3-1)47-14-17-52(18-15-47)75-62-31-56-55-26-48-10-4-5-11-49(48)27-65(55)77-66(56)33-59(62)67-68-63(32-58-53-12-6-7-13-64(53)76-70(58)67)74-61-19-16-50(71-34-40-20-41(35-71)22-42(21-40)36-71)28-54(61)57-29-51(30-60(69(57)74)73(68)75)72-37-43-23-44(38-72)25-45(24-43)39-72/h1-19,26-33,40-45H,20-25,34-39H2. The molecule has 0 amide bonds. The van der Waals surface area contributed by atoms with E-state index in [0.29, 0.717) is 5.41 Å². The van der Waals surface area contributed by atoms with E-state index in [1.807, 2.05) is 11.3 Å². The summed E-state index contributed by atoms with van der Waals surface area (Å²) in [6.45, 7) is -0.105. The van der Waals surface area contributed by atoms with Crippen LogP contribution in [0.5, 0.6) is 0 Å². The molecule has 2 aliphatic heterocycles. The molecule has 3 nitrogen and oxygen atoms in total. The lowest BCUT2D eigenvalue weighted by molar-refractivity contribution is -0.00526. The van der Waals surface area contributed by atoms with Gasteiger partial charge >= 0.3 is 6.85 Å². The van der Waals surface area contributed by atoms with Gasteiger partial charge in [0.25, 0.3) is 0 Å². The third kappa shape index (κ3) is 5.55. The van der Waals surface area contributed by atoms with Gasteiger partial charge in [-0.3, -0.25) is 0 Å². The van der Waals surface area contributed by atoms with Gasteiger partial charge < -0.3 is 13.8 Å². The number of thiophene rings is 1. The van der Waals surface area contributed by atoms with Crippen molar-refractivity contribution in [3.63, 3.8) is 0 Å². The Morgan fingerprint density at radius 1 is 0.468 bits per heavy atom. The number of furan rings is 1. The molecule has 0 radical (unpaired) electrons. The molecule has 10 aliphatic rings. The van der Waals surface area contributed by atoms with Crippen molar-refractivity contribution in [3.8, 4) is 27.9 Å². The molecule has 8 aliphatic carbocycles. The Kier molecular flexibility index (Phi) is 7.93. The quantitative estimate of drug-likeness (QED) is 0.164. The Morgan fingerprint density at radius 3 is 1.79 bits per heavy atom. The van der Waals surface area contributed by atoms with Crippen molar-refractivity contribution >= 4 is 115 Å². The van der Waals surface area contributed by atoms with Crippen LogP contribution < -0.4 is 15.7 Å². The van der Waals surface area contributed by atoms with Gasteiger partial charge in [-0.1, -0.05) is 97.1 Å². The molecule has 8 saturated carbocycles. The third-order valence-electron chi connectivity index (χ3n) is 22.2. The van der Waals surface area contributed by atoms with E-state index in [2.05, 4.69) is 173 Å². The molecule has 3 aromatic heterocycles. The van der Waals surface area contributed by atoms with Gasteiger partial charge in [0.2, 0.25) is 0 Å². The van der Waals surface area contributed by atoms with E-state index >= 15 is 0 Å². The maximum Gasteiger partial charge on any atom is 0.333 e. The highest BCUT2D eigenvalue weighted by atomic mass is 32.1. The summed E-state index contributed by atoms with van der Waals surface area (Å²) >= 11 is 1.94. The minimum absolute atomic E-state index is 0.105. The molecule has 8 fully saturated rings. The van der Waals surface area contributed by atoms with E-state index in [4.69, 9.17) is 4.42 Å². The van der Waals surface area contributed by atoms with Crippen molar-refractivity contribution in [1.29, 1.82) is 0 Å². The van der Waals surface area contributed by atoms with Crippen molar-refractivity contribution in [3.05, 3.63) is 175 Å². The second-order valence-corrected chi connectivity index (χ2v) is 27.5. The highest BCUT2D eigenvalue weighted by molar-refractivity contribution is 7.26. The fourth-order valence-electron chi connectivity index (χ4n) is 20.0. The predicted octanol–water partition coefficient (Wildman–Crippen LogP) is 18.0. The van der Waals surface area contributed by atoms with Gasteiger partial charge in [0, 0.05) is 69.9 Å². The molecule has 5 heterocycles. The monoisotopic (exact) mass is 1010 g/mol. The Morgan fingerprint density at radius 2 is 1.06 bits per heavy atom. The summed E-state index contributed by atoms with van der Waals surface area (Å²) in [5.74, 6) is 5.26. The Balaban J connectivity index is 0.928. The number of hydrogen-bond acceptors (Lipinski definition) is 3. The number of rotatable bonds is 4. The molecule has 9 aromatic carbocycles. The van der Waals surface area contributed by atoms with Crippen molar-refractivity contribution in [2.75, 3.05) is 4.81 Å². The number of para-hydroxylation sites is 1.